The van der Waals surface area contributed by atoms with Crippen molar-refractivity contribution in [3.05, 3.63) is 34.6 Å². The van der Waals surface area contributed by atoms with Gasteiger partial charge in [-0.15, -0.1) is 0 Å². The first-order chi connectivity index (χ1) is 8.18. The zero-order valence-corrected chi connectivity index (χ0v) is 11.6. The van der Waals surface area contributed by atoms with Gasteiger partial charge >= 0.3 is 0 Å². The van der Waals surface area contributed by atoms with Crippen molar-refractivity contribution in [2.75, 3.05) is 17.3 Å². The molecule has 94 valence electrons. The molecule has 1 aromatic rings. The Hall–Kier alpha value is 0.1000. The molecule has 5 heteroatoms. The van der Waals surface area contributed by atoms with Gasteiger partial charge in [0.05, 0.1) is 11.1 Å². The molecular formula is C12H14ClFOS2. The van der Waals surface area contributed by atoms with Crippen LogP contribution in [0.1, 0.15) is 5.56 Å². The van der Waals surface area contributed by atoms with Crippen molar-refractivity contribution in [3.63, 3.8) is 0 Å². The Bertz CT molecular complexity index is 383. The smallest absolute Gasteiger partial charge is 0.145 e. The van der Waals surface area contributed by atoms with Gasteiger partial charge in [-0.25, -0.2) is 4.39 Å². The van der Waals surface area contributed by atoms with Crippen LogP contribution < -0.4 is 0 Å². The van der Waals surface area contributed by atoms with Gasteiger partial charge in [0.2, 0.25) is 0 Å². The number of rotatable bonds is 3. The van der Waals surface area contributed by atoms with E-state index in [-0.39, 0.29) is 10.3 Å². The second kappa shape index (κ2) is 6.32. The number of hydrogen-bond acceptors (Lipinski definition) is 3. The van der Waals surface area contributed by atoms with Crippen LogP contribution in [0, 0.1) is 5.82 Å². The predicted octanol–water partition coefficient (Wildman–Crippen LogP) is 3.23. The Balaban J connectivity index is 2.01. The lowest BCUT2D eigenvalue weighted by Gasteiger charge is -2.26. The minimum absolute atomic E-state index is 0.125. The molecule has 1 aliphatic heterocycles. The van der Waals surface area contributed by atoms with Crippen LogP contribution in [-0.4, -0.2) is 33.7 Å². The maximum Gasteiger partial charge on any atom is 0.145 e. The molecule has 1 aliphatic rings. The quantitative estimate of drug-likeness (QED) is 0.924. The molecule has 1 N–H and O–H groups in total. The van der Waals surface area contributed by atoms with E-state index >= 15 is 0 Å². The van der Waals surface area contributed by atoms with Gasteiger partial charge in [0.15, 0.2) is 0 Å². The molecule has 2 rings (SSSR count). The van der Waals surface area contributed by atoms with E-state index in [0.29, 0.717) is 12.0 Å². The van der Waals surface area contributed by atoms with Crippen molar-refractivity contribution in [1.82, 2.24) is 0 Å². The largest absolute Gasteiger partial charge is 0.392 e. The van der Waals surface area contributed by atoms with E-state index < -0.39 is 11.9 Å². The first-order valence-electron chi connectivity index (χ1n) is 5.49. The van der Waals surface area contributed by atoms with Gasteiger partial charge < -0.3 is 5.11 Å². The van der Waals surface area contributed by atoms with Crippen LogP contribution >= 0.6 is 35.1 Å². The van der Waals surface area contributed by atoms with Crippen molar-refractivity contribution in [3.8, 4) is 0 Å². The van der Waals surface area contributed by atoms with Gasteiger partial charge in [0, 0.05) is 28.9 Å². The van der Waals surface area contributed by atoms with E-state index in [1.54, 1.807) is 23.9 Å². The van der Waals surface area contributed by atoms with E-state index in [4.69, 9.17) is 11.6 Å². The van der Waals surface area contributed by atoms with Crippen molar-refractivity contribution >= 4 is 35.1 Å². The number of benzene rings is 1. The van der Waals surface area contributed by atoms with E-state index in [2.05, 4.69) is 0 Å². The summed E-state index contributed by atoms with van der Waals surface area (Å²) in [6.07, 6.45) is -0.161. The third-order valence-electron chi connectivity index (χ3n) is 2.73. The van der Waals surface area contributed by atoms with Crippen LogP contribution in [0.15, 0.2) is 18.2 Å². The van der Waals surface area contributed by atoms with Crippen molar-refractivity contribution in [2.45, 2.75) is 17.8 Å². The van der Waals surface area contributed by atoms with Gasteiger partial charge in [0.1, 0.15) is 5.82 Å². The van der Waals surface area contributed by atoms with E-state index in [9.17, 15) is 9.50 Å². The predicted molar refractivity (Wildman–Crippen MR) is 74.7 cm³/mol. The Labute approximate surface area is 114 Å². The second-order valence-corrected chi connectivity index (χ2v) is 6.87. The van der Waals surface area contributed by atoms with Crippen LogP contribution in [0.4, 0.5) is 4.39 Å². The third kappa shape index (κ3) is 3.53. The van der Waals surface area contributed by atoms with Crippen LogP contribution in [0.3, 0.4) is 0 Å². The lowest BCUT2D eigenvalue weighted by atomic mass is 10.1. The summed E-state index contributed by atoms with van der Waals surface area (Å²) in [4.78, 5) is 0. The minimum atomic E-state index is -0.499. The number of aliphatic hydroxyl groups is 1. The fourth-order valence-electron chi connectivity index (χ4n) is 1.79. The SMILES string of the molecule is OC(Cc1cccc(Cl)c1F)C1CSCCS1. The molecule has 0 radical (unpaired) electrons. The number of thioether (sulfide) groups is 2. The fourth-order valence-corrected chi connectivity index (χ4v) is 4.76. The molecule has 1 nitrogen and oxygen atoms in total. The Kier molecular flexibility index (Phi) is 5.03. The number of aliphatic hydroxyl groups excluding tert-OH is 1. The molecular weight excluding hydrogens is 279 g/mol. The van der Waals surface area contributed by atoms with Crippen molar-refractivity contribution < 1.29 is 9.50 Å². The fraction of sp³-hybridized carbons (Fsp3) is 0.500. The summed E-state index contributed by atoms with van der Waals surface area (Å²) in [6.45, 7) is 0. The standard InChI is InChI=1S/C12H14ClFOS2/c13-9-3-1-2-8(12(9)14)6-10(15)11-7-16-4-5-17-11/h1-3,10-11,15H,4-7H2. The number of halogens is 2. The zero-order valence-electron chi connectivity index (χ0n) is 9.23. The van der Waals surface area contributed by atoms with Crippen LogP contribution in [0.2, 0.25) is 5.02 Å². The molecule has 0 aromatic heterocycles. The molecule has 2 unspecified atom stereocenters. The van der Waals surface area contributed by atoms with E-state index in [1.165, 1.54) is 6.07 Å². The topological polar surface area (TPSA) is 20.2 Å². The van der Waals surface area contributed by atoms with Gasteiger partial charge in [-0.2, -0.15) is 23.5 Å². The average molecular weight is 293 g/mol. The molecule has 0 amide bonds. The Morgan fingerprint density at radius 3 is 3.00 bits per heavy atom. The van der Waals surface area contributed by atoms with Crippen molar-refractivity contribution in [1.29, 1.82) is 0 Å². The molecule has 1 heterocycles. The maximum absolute atomic E-state index is 13.7. The van der Waals surface area contributed by atoms with Gasteiger partial charge in [-0.1, -0.05) is 23.7 Å². The highest BCUT2D eigenvalue weighted by Gasteiger charge is 2.24. The summed E-state index contributed by atoms with van der Waals surface area (Å²) in [5.41, 5.74) is 0.501. The van der Waals surface area contributed by atoms with Crippen LogP contribution in [0.5, 0.6) is 0 Å². The van der Waals surface area contributed by atoms with Gasteiger partial charge in [-0.3, -0.25) is 0 Å². The van der Waals surface area contributed by atoms with Crippen LogP contribution in [0.25, 0.3) is 0 Å². The number of hydrogen-bond donors (Lipinski definition) is 1. The summed E-state index contributed by atoms with van der Waals surface area (Å²) < 4.78 is 13.7. The monoisotopic (exact) mass is 292 g/mol. The average Bonchev–Trinajstić information content (AvgIpc) is 2.36. The summed E-state index contributed by atoms with van der Waals surface area (Å²) in [5, 5.41) is 10.4. The molecule has 0 bridgehead atoms. The summed E-state index contributed by atoms with van der Waals surface area (Å²) in [7, 11) is 0. The molecule has 0 aliphatic carbocycles. The van der Waals surface area contributed by atoms with Gasteiger partial charge in [-0.05, 0) is 11.6 Å². The second-order valence-electron chi connectivity index (χ2n) is 3.97. The highest BCUT2D eigenvalue weighted by atomic mass is 35.5. The Morgan fingerprint density at radius 1 is 1.47 bits per heavy atom. The molecule has 1 fully saturated rings. The Morgan fingerprint density at radius 2 is 2.29 bits per heavy atom. The zero-order chi connectivity index (χ0) is 12.3. The molecule has 1 aromatic carbocycles. The molecule has 0 saturated carbocycles. The lowest BCUT2D eigenvalue weighted by molar-refractivity contribution is 0.176. The summed E-state index contributed by atoms with van der Waals surface area (Å²) in [5.74, 6) is 2.74. The van der Waals surface area contributed by atoms with Gasteiger partial charge in [0.25, 0.3) is 0 Å². The highest BCUT2D eigenvalue weighted by molar-refractivity contribution is 8.06. The van der Waals surface area contributed by atoms with Crippen LogP contribution in [-0.2, 0) is 6.42 Å². The summed E-state index contributed by atoms with van der Waals surface area (Å²) >= 11 is 9.34. The summed E-state index contributed by atoms with van der Waals surface area (Å²) in [6, 6.07) is 4.93. The first kappa shape index (κ1) is 13.5. The lowest BCUT2D eigenvalue weighted by Crippen LogP contribution is -2.30. The normalized spacial score (nSPS) is 22.4. The minimum Gasteiger partial charge on any atom is -0.392 e. The van der Waals surface area contributed by atoms with E-state index in [1.807, 2.05) is 11.8 Å². The maximum atomic E-state index is 13.7. The molecule has 2 atom stereocenters. The third-order valence-corrected chi connectivity index (χ3v) is 5.93. The van der Waals surface area contributed by atoms with Crippen molar-refractivity contribution in [2.24, 2.45) is 0 Å². The van der Waals surface area contributed by atoms with E-state index in [0.717, 1.165) is 17.3 Å². The highest BCUT2D eigenvalue weighted by Crippen LogP contribution is 2.28. The first-order valence-corrected chi connectivity index (χ1v) is 8.07. The molecule has 17 heavy (non-hydrogen) atoms. The molecule has 1 saturated heterocycles. The molecule has 0 spiro atoms.